The van der Waals surface area contributed by atoms with E-state index in [0.717, 1.165) is 16.5 Å². The molecule has 1 aliphatic rings. The number of nitrogens with zero attached hydrogens (tertiary/aromatic N) is 4. The molecule has 1 aliphatic carbocycles. The minimum absolute atomic E-state index is 0.211. The molecule has 4 rings (SSSR count). The number of benzene rings is 1. The summed E-state index contributed by atoms with van der Waals surface area (Å²) >= 11 is 6.43. The van der Waals surface area contributed by atoms with Gasteiger partial charge in [-0.1, -0.05) is 23.8 Å². The number of H-pyrrole nitrogens is 1. The average Bonchev–Trinajstić information content (AvgIpc) is 3.25. The van der Waals surface area contributed by atoms with Gasteiger partial charge >= 0.3 is 0 Å². The van der Waals surface area contributed by atoms with Crippen LogP contribution in [0, 0.1) is 0 Å². The van der Waals surface area contributed by atoms with Gasteiger partial charge in [0.05, 0.1) is 22.4 Å². The number of hydrogen-bond donors (Lipinski definition) is 3. The summed E-state index contributed by atoms with van der Waals surface area (Å²) in [5, 5.41) is 15.8. The van der Waals surface area contributed by atoms with Crippen LogP contribution in [0.15, 0.2) is 36.1 Å². The molecule has 1 atom stereocenters. The Bertz CT molecular complexity index is 1030. The third-order valence-electron chi connectivity index (χ3n) is 4.39. The Morgan fingerprint density at radius 1 is 1.42 bits per heavy atom. The fourth-order valence-corrected chi connectivity index (χ4v) is 3.16. The maximum Gasteiger partial charge on any atom is 0.225 e. The van der Waals surface area contributed by atoms with Crippen molar-refractivity contribution in [2.45, 2.75) is 12.6 Å². The summed E-state index contributed by atoms with van der Waals surface area (Å²) in [4.78, 5) is 4.49. The molecule has 2 aromatic heterocycles. The maximum absolute atomic E-state index is 14.1. The second kappa shape index (κ2) is 6.54. The molecular formula is C17H17ClFN7. The third-order valence-corrected chi connectivity index (χ3v) is 4.80. The van der Waals surface area contributed by atoms with E-state index in [1.807, 2.05) is 18.2 Å². The molecule has 0 amide bonds. The third kappa shape index (κ3) is 2.87. The molecule has 26 heavy (non-hydrogen) atoms. The second-order valence-electron chi connectivity index (χ2n) is 6.08. The van der Waals surface area contributed by atoms with Gasteiger partial charge in [0, 0.05) is 31.0 Å². The average molecular weight is 374 g/mol. The van der Waals surface area contributed by atoms with Crippen LogP contribution in [0.4, 0.5) is 16.0 Å². The topological polar surface area (TPSA) is 97.4 Å². The lowest BCUT2D eigenvalue weighted by Gasteiger charge is -2.15. The summed E-state index contributed by atoms with van der Waals surface area (Å²) in [6, 6.07) is 3.72. The normalized spacial score (nSPS) is 17.3. The first-order valence-corrected chi connectivity index (χ1v) is 8.48. The summed E-state index contributed by atoms with van der Waals surface area (Å²) in [7, 11) is 1.76. The number of aryl methyl sites for hydroxylation is 1. The Balaban J connectivity index is 1.64. The molecule has 7 nitrogen and oxygen atoms in total. The standard InChI is InChI=1S/C17H17ClFN7/c1-26-17(22-14-5-4-13-11(15(14)18)8-21-24-13)23-16(25-26)9-2-3-10(7-20)12(19)6-9/h2-5,8,12H,6-7,20H2,1H3,(H,21,24)(H,22,23,25). The highest BCUT2D eigenvalue weighted by atomic mass is 35.5. The molecule has 1 unspecified atom stereocenters. The molecule has 134 valence electrons. The summed E-state index contributed by atoms with van der Waals surface area (Å²) in [5.41, 5.74) is 8.39. The number of allylic oxidation sites excluding steroid dienone is 3. The van der Waals surface area contributed by atoms with Gasteiger partial charge in [-0.15, -0.1) is 5.10 Å². The van der Waals surface area contributed by atoms with E-state index >= 15 is 0 Å². The van der Waals surface area contributed by atoms with E-state index in [1.54, 1.807) is 24.0 Å². The van der Waals surface area contributed by atoms with Gasteiger partial charge < -0.3 is 11.1 Å². The van der Waals surface area contributed by atoms with Crippen molar-refractivity contribution in [3.63, 3.8) is 0 Å². The minimum atomic E-state index is -1.10. The Morgan fingerprint density at radius 3 is 3.04 bits per heavy atom. The Morgan fingerprint density at radius 2 is 2.27 bits per heavy atom. The predicted molar refractivity (Wildman–Crippen MR) is 100 cm³/mol. The first-order chi connectivity index (χ1) is 12.6. The lowest BCUT2D eigenvalue weighted by atomic mass is 9.96. The van der Waals surface area contributed by atoms with Crippen LogP contribution in [0.5, 0.6) is 0 Å². The van der Waals surface area contributed by atoms with Gasteiger partial charge in [0.15, 0.2) is 5.82 Å². The second-order valence-corrected chi connectivity index (χ2v) is 6.45. The van der Waals surface area contributed by atoms with Gasteiger partial charge in [-0.2, -0.15) is 10.1 Å². The summed E-state index contributed by atoms with van der Waals surface area (Å²) in [5.74, 6) is 0.986. The van der Waals surface area contributed by atoms with Crippen LogP contribution in [-0.4, -0.2) is 37.7 Å². The van der Waals surface area contributed by atoms with Gasteiger partial charge in [0.25, 0.3) is 0 Å². The van der Waals surface area contributed by atoms with E-state index < -0.39 is 6.17 Å². The fraction of sp³-hybridized carbons (Fsp3) is 0.235. The molecule has 4 N–H and O–H groups in total. The van der Waals surface area contributed by atoms with Crippen LogP contribution < -0.4 is 11.1 Å². The van der Waals surface area contributed by atoms with Crippen molar-refractivity contribution in [3.8, 4) is 0 Å². The zero-order valence-corrected chi connectivity index (χ0v) is 14.8. The summed E-state index contributed by atoms with van der Waals surface area (Å²) in [6.45, 7) is 0.211. The molecule has 1 aromatic carbocycles. The molecule has 0 spiro atoms. The summed E-state index contributed by atoms with van der Waals surface area (Å²) in [6.07, 6.45) is 4.31. The van der Waals surface area contributed by atoms with Crippen LogP contribution in [0.25, 0.3) is 16.5 Å². The van der Waals surface area contributed by atoms with E-state index in [9.17, 15) is 4.39 Å². The Kier molecular flexibility index (Phi) is 4.21. The van der Waals surface area contributed by atoms with Crippen LogP contribution in [0.1, 0.15) is 12.2 Å². The number of halogens is 2. The molecule has 3 aromatic rings. The van der Waals surface area contributed by atoms with E-state index in [2.05, 4.69) is 25.6 Å². The molecule has 2 heterocycles. The molecule has 0 bridgehead atoms. The SMILES string of the molecule is Cn1nc(C2=CC=C(CN)C(F)C2)nc1Nc1ccc2[nH]ncc2c1Cl. The highest BCUT2D eigenvalue weighted by molar-refractivity contribution is 6.38. The van der Waals surface area contributed by atoms with Crippen LogP contribution in [0.3, 0.4) is 0 Å². The van der Waals surface area contributed by atoms with Crippen molar-refractivity contribution >= 4 is 39.7 Å². The number of nitrogens with one attached hydrogen (secondary N) is 2. The highest BCUT2D eigenvalue weighted by Gasteiger charge is 2.22. The molecule has 0 fully saturated rings. The number of aromatic amines is 1. The number of hydrogen-bond acceptors (Lipinski definition) is 5. The van der Waals surface area contributed by atoms with Gasteiger partial charge in [-0.3, -0.25) is 5.10 Å². The smallest absolute Gasteiger partial charge is 0.225 e. The molecule has 9 heteroatoms. The molecule has 0 aliphatic heterocycles. The monoisotopic (exact) mass is 373 g/mol. The lowest BCUT2D eigenvalue weighted by Crippen LogP contribution is -2.17. The number of anilines is 2. The van der Waals surface area contributed by atoms with Crippen LogP contribution >= 0.6 is 11.6 Å². The first-order valence-electron chi connectivity index (χ1n) is 8.10. The minimum Gasteiger partial charge on any atom is -0.327 e. The lowest BCUT2D eigenvalue weighted by molar-refractivity contribution is 0.382. The number of rotatable bonds is 4. The number of fused-ring (bicyclic) bond motifs is 1. The van der Waals surface area contributed by atoms with E-state index in [4.69, 9.17) is 17.3 Å². The number of nitrogens with two attached hydrogens (primary N) is 1. The fourth-order valence-electron chi connectivity index (χ4n) is 2.90. The largest absolute Gasteiger partial charge is 0.327 e. The van der Waals surface area contributed by atoms with Gasteiger partial charge in [-0.05, 0) is 17.7 Å². The van der Waals surface area contributed by atoms with Crippen molar-refractivity contribution in [2.75, 3.05) is 11.9 Å². The van der Waals surface area contributed by atoms with Crippen LogP contribution in [-0.2, 0) is 7.05 Å². The van der Waals surface area contributed by atoms with E-state index in [0.29, 0.717) is 28.1 Å². The quantitative estimate of drug-likeness (QED) is 0.652. The summed E-state index contributed by atoms with van der Waals surface area (Å²) < 4.78 is 15.7. The first kappa shape index (κ1) is 16.7. The van der Waals surface area contributed by atoms with Crippen molar-refractivity contribution in [2.24, 2.45) is 12.8 Å². The zero-order valence-electron chi connectivity index (χ0n) is 14.0. The molecule has 0 saturated heterocycles. The highest BCUT2D eigenvalue weighted by Crippen LogP contribution is 2.32. The number of aromatic nitrogens is 5. The maximum atomic E-state index is 14.1. The van der Waals surface area contributed by atoms with Gasteiger partial charge in [0.1, 0.15) is 6.17 Å². The van der Waals surface area contributed by atoms with Crippen molar-refractivity contribution < 1.29 is 4.39 Å². The van der Waals surface area contributed by atoms with E-state index in [-0.39, 0.29) is 13.0 Å². The predicted octanol–water partition coefficient (Wildman–Crippen LogP) is 3.10. The van der Waals surface area contributed by atoms with Gasteiger partial charge in [-0.25, -0.2) is 9.07 Å². The van der Waals surface area contributed by atoms with Crippen molar-refractivity contribution in [1.29, 1.82) is 0 Å². The van der Waals surface area contributed by atoms with E-state index in [1.165, 1.54) is 0 Å². The van der Waals surface area contributed by atoms with Crippen molar-refractivity contribution in [3.05, 3.63) is 46.9 Å². The number of alkyl halides is 1. The van der Waals surface area contributed by atoms with Crippen molar-refractivity contribution in [1.82, 2.24) is 25.0 Å². The zero-order chi connectivity index (χ0) is 18.3. The Labute approximate surface area is 153 Å². The molecule has 0 saturated carbocycles. The van der Waals surface area contributed by atoms with Gasteiger partial charge in [0.2, 0.25) is 5.95 Å². The molecule has 0 radical (unpaired) electrons. The molecular weight excluding hydrogens is 357 g/mol. The van der Waals surface area contributed by atoms with Crippen LogP contribution in [0.2, 0.25) is 5.02 Å². The Hall–Kier alpha value is -2.71.